The van der Waals surface area contributed by atoms with E-state index in [1.807, 2.05) is 19.1 Å². The van der Waals surface area contributed by atoms with Crippen LogP contribution in [0.2, 0.25) is 0 Å². The molecule has 0 aliphatic carbocycles. The molecule has 0 aliphatic rings. The zero-order valence-corrected chi connectivity index (χ0v) is 14.2. The summed E-state index contributed by atoms with van der Waals surface area (Å²) in [6.07, 6.45) is 1.44. The second-order valence-corrected chi connectivity index (χ2v) is 7.36. The number of carboxylic acid groups (broad SMARTS) is 1. The Bertz CT molecular complexity index is 1040. The summed E-state index contributed by atoms with van der Waals surface area (Å²) < 4.78 is 28.1. The molecule has 0 saturated heterocycles. The number of nitrogens with zero attached hydrogens (tertiary/aromatic N) is 1. The first-order valence-corrected chi connectivity index (χ1v) is 9.02. The van der Waals surface area contributed by atoms with Crippen LogP contribution in [0.15, 0.2) is 59.6 Å². The quantitative estimate of drug-likeness (QED) is 0.733. The average molecular weight is 356 g/mol. The highest BCUT2D eigenvalue weighted by Crippen LogP contribution is 2.25. The fourth-order valence-corrected chi connectivity index (χ4v) is 3.90. The number of hydrogen-bond donors (Lipinski definition) is 2. The Morgan fingerprint density at radius 1 is 1.16 bits per heavy atom. The number of pyridine rings is 1. The topological polar surface area (TPSA) is 96.4 Å². The molecule has 0 atom stereocenters. The molecule has 0 fully saturated rings. The number of benzene rings is 2. The third-order valence-electron chi connectivity index (χ3n) is 3.67. The minimum atomic E-state index is -3.83. The van der Waals surface area contributed by atoms with Crippen molar-refractivity contribution in [3.63, 3.8) is 0 Å². The molecule has 0 amide bonds. The zero-order valence-electron chi connectivity index (χ0n) is 13.4. The largest absolute Gasteiger partial charge is 0.481 e. The smallest absolute Gasteiger partial charge is 0.307 e. The number of aliphatic carboxylic acids is 1. The number of carbonyl (C=O) groups is 1. The van der Waals surface area contributed by atoms with Crippen LogP contribution in [0.1, 0.15) is 11.1 Å². The van der Waals surface area contributed by atoms with E-state index in [9.17, 15) is 13.2 Å². The van der Waals surface area contributed by atoms with E-state index in [2.05, 4.69) is 9.71 Å². The molecule has 7 heteroatoms. The highest BCUT2D eigenvalue weighted by atomic mass is 32.2. The third kappa shape index (κ3) is 3.77. The van der Waals surface area contributed by atoms with Crippen LogP contribution in [-0.4, -0.2) is 24.5 Å². The van der Waals surface area contributed by atoms with Crippen molar-refractivity contribution in [3.05, 3.63) is 65.9 Å². The number of aryl methyl sites for hydroxylation is 1. The standard InChI is InChI=1S/C18H16N2O4S/c1-12-9-14-3-2-8-19-18(14)16(10-12)25(23,24)20-15-6-4-13(5-7-15)11-17(21)22/h2-10,20H,11H2,1H3,(H,21,22). The third-order valence-corrected chi connectivity index (χ3v) is 5.06. The van der Waals surface area contributed by atoms with Gasteiger partial charge in [-0.3, -0.25) is 14.5 Å². The van der Waals surface area contributed by atoms with E-state index in [4.69, 9.17) is 5.11 Å². The number of carboxylic acids is 1. The molecule has 0 radical (unpaired) electrons. The van der Waals surface area contributed by atoms with Crippen LogP contribution in [-0.2, 0) is 21.2 Å². The maximum absolute atomic E-state index is 12.8. The van der Waals surface area contributed by atoms with Crippen LogP contribution in [0.5, 0.6) is 0 Å². The first-order valence-electron chi connectivity index (χ1n) is 7.54. The Balaban J connectivity index is 1.96. The first kappa shape index (κ1) is 16.9. The molecule has 0 spiro atoms. The van der Waals surface area contributed by atoms with Crippen LogP contribution < -0.4 is 4.72 Å². The van der Waals surface area contributed by atoms with Gasteiger partial charge in [-0.1, -0.05) is 18.2 Å². The van der Waals surface area contributed by atoms with Crippen molar-refractivity contribution in [3.8, 4) is 0 Å². The van der Waals surface area contributed by atoms with Gasteiger partial charge < -0.3 is 5.11 Å². The van der Waals surface area contributed by atoms with Crippen LogP contribution in [0.3, 0.4) is 0 Å². The molecular formula is C18H16N2O4S. The molecule has 0 aliphatic heterocycles. The molecule has 2 N–H and O–H groups in total. The molecule has 2 aromatic carbocycles. The van der Waals surface area contributed by atoms with Gasteiger partial charge in [0.1, 0.15) is 4.90 Å². The van der Waals surface area contributed by atoms with E-state index in [-0.39, 0.29) is 11.3 Å². The van der Waals surface area contributed by atoms with Crippen molar-refractivity contribution in [2.45, 2.75) is 18.2 Å². The number of aromatic nitrogens is 1. The van der Waals surface area contributed by atoms with Gasteiger partial charge in [0.15, 0.2) is 0 Å². The number of nitrogens with one attached hydrogen (secondary N) is 1. The average Bonchev–Trinajstić information content (AvgIpc) is 2.55. The second kappa shape index (κ2) is 6.52. The van der Waals surface area contributed by atoms with E-state index < -0.39 is 16.0 Å². The van der Waals surface area contributed by atoms with Gasteiger partial charge in [0.05, 0.1) is 11.9 Å². The molecule has 25 heavy (non-hydrogen) atoms. The summed E-state index contributed by atoms with van der Waals surface area (Å²) in [7, 11) is -3.83. The van der Waals surface area contributed by atoms with Crippen molar-refractivity contribution in [1.29, 1.82) is 0 Å². The number of fused-ring (bicyclic) bond motifs is 1. The van der Waals surface area contributed by atoms with Crippen LogP contribution in [0.25, 0.3) is 10.9 Å². The minimum Gasteiger partial charge on any atom is -0.481 e. The lowest BCUT2D eigenvalue weighted by Gasteiger charge is -2.11. The minimum absolute atomic E-state index is 0.109. The van der Waals surface area contributed by atoms with Crippen molar-refractivity contribution in [1.82, 2.24) is 4.98 Å². The van der Waals surface area contributed by atoms with E-state index in [1.165, 1.54) is 0 Å². The predicted molar refractivity (Wildman–Crippen MR) is 95.1 cm³/mol. The first-order chi connectivity index (χ1) is 11.8. The molecule has 1 heterocycles. The normalized spacial score (nSPS) is 11.4. The summed E-state index contributed by atoms with van der Waals surface area (Å²) in [6, 6.07) is 13.3. The van der Waals surface area contributed by atoms with E-state index in [0.29, 0.717) is 16.8 Å². The number of sulfonamides is 1. The van der Waals surface area contributed by atoms with E-state index in [0.717, 1.165) is 10.9 Å². The molecule has 0 saturated carbocycles. The summed E-state index contributed by atoms with van der Waals surface area (Å²) >= 11 is 0. The zero-order chi connectivity index (χ0) is 18.0. The Morgan fingerprint density at radius 3 is 2.56 bits per heavy atom. The maximum atomic E-state index is 12.8. The number of rotatable bonds is 5. The van der Waals surface area contributed by atoms with E-state index in [1.54, 1.807) is 42.6 Å². The van der Waals surface area contributed by atoms with Gasteiger partial charge in [-0.05, 0) is 48.4 Å². The molecule has 1 aromatic heterocycles. The molecule has 6 nitrogen and oxygen atoms in total. The van der Waals surface area contributed by atoms with Crippen LogP contribution >= 0.6 is 0 Å². The van der Waals surface area contributed by atoms with Crippen LogP contribution in [0.4, 0.5) is 5.69 Å². The molecule has 3 aromatic rings. The van der Waals surface area contributed by atoms with Gasteiger partial charge in [-0.2, -0.15) is 0 Å². The molecule has 0 bridgehead atoms. The number of anilines is 1. The fraction of sp³-hybridized carbons (Fsp3) is 0.111. The molecular weight excluding hydrogens is 340 g/mol. The lowest BCUT2D eigenvalue weighted by atomic mass is 10.1. The predicted octanol–water partition coefficient (Wildman–Crippen LogP) is 2.97. The lowest BCUT2D eigenvalue weighted by Crippen LogP contribution is -2.14. The molecule has 0 unspecified atom stereocenters. The Kier molecular flexibility index (Phi) is 4.41. The lowest BCUT2D eigenvalue weighted by molar-refractivity contribution is -0.136. The summed E-state index contributed by atoms with van der Waals surface area (Å²) in [5, 5.41) is 9.53. The maximum Gasteiger partial charge on any atom is 0.307 e. The Hall–Kier alpha value is -2.93. The van der Waals surface area contributed by atoms with Gasteiger partial charge in [-0.15, -0.1) is 0 Å². The van der Waals surface area contributed by atoms with E-state index >= 15 is 0 Å². The summed E-state index contributed by atoms with van der Waals surface area (Å²) in [6.45, 7) is 1.83. The van der Waals surface area contributed by atoms with Crippen molar-refractivity contribution >= 4 is 32.6 Å². The van der Waals surface area contributed by atoms with Crippen molar-refractivity contribution < 1.29 is 18.3 Å². The Morgan fingerprint density at radius 2 is 1.88 bits per heavy atom. The Labute approximate surface area is 145 Å². The second-order valence-electron chi connectivity index (χ2n) is 5.71. The summed E-state index contributed by atoms with van der Waals surface area (Å²) in [5.41, 5.74) is 2.18. The molecule has 3 rings (SSSR count). The summed E-state index contributed by atoms with van der Waals surface area (Å²) in [4.78, 5) is 15.0. The van der Waals surface area contributed by atoms with Crippen molar-refractivity contribution in [2.75, 3.05) is 4.72 Å². The monoisotopic (exact) mass is 356 g/mol. The van der Waals surface area contributed by atoms with Crippen LogP contribution in [0, 0.1) is 6.92 Å². The SMILES string of the molecule is Cc1cc(S(=O)(=O)Nc2ccc(CC(=O)O)cc2)c2ncccc2c1. The van der Waals surface area contributed by atoms with Gasteiger partial charge in [-0.25, -0.2) is 8.42 Å². The highest BCUT2D eigenvalue weighted by Gasteiger charge is 2.19. The van der Waals surface area contributed by atoms with Gasteiger partial charge in [0.25, 0.3) is 10.0 Å². The van der Waals surface area contributed by atoms with Gasteiger partial charge >= 0.3 is 5.97 Å². The highest BCUT2D eigenvalue weighted by molar-refractivity contribution is 7.93. The summed E-state index contributed by atoms with van der Waals surface area (Å²) in [5.74, 6) is -0.939. The van der Waals surface area contributed by atoms with Gasteiger partial charge in [0, 0.05) is 17.3 Å². The van der Waals surface area contributed by atoms with Gasteiger partial charge in [0.2, 0.25) is 0 Å². The number of hydrogen-bond acceptors (Lipinski definition) is 4. The van der Waals surface area contributed by atoms with Crippen molar-refractivity contribution in [2.24, 2.45) is 0 Å². The molecule has 128 valence electrons. The fourth-order valence-electron chi connectivity index (χ4n) is 2.58.